The molecule has 1 aromatic heterocycles. The maximum Gasteiger partial charge on any atom is 0.122 e. The molecule has 0 saturated carbocycles. The fourth-order valence-electron chi connectivity index (χ4n) is 1.92. The van der Waals surface area contributed by atoms with E-state index in [1.165, 1.54) is 0 Å². The van der Waals surface area contributed by atoms with Crippen LogP contribution in [0.5, 0.6) is 5.75 Å². The van der Waals surface area contributed by atoms with E-state index in [1.54, 1.807) is 25.6 Å². The van der Waals surface area contributed by atoms with Crippen LogP contribution in [0.15, 0.2) is 42.7 Å². The second-order valence-electron chi connectivity index (χ2n) is 4.33. The summed E-state index contributed by atoms with van der Waals surface area (Å²) in [6, 6.07) is 11.3. The second-order valence-corrected chi connectivity index (χ2v) is 4.33. The predicted octanol–water partition coefficient (Wildman–Crippen LogP) is 2.75. The van der Waals surface area contributed by atoms with E-state index in [0.29, 0.717) is 16.8 Å². The van der Waals surface area contributed by atoms with Crippen molar-refractivity contribution in [2.24, 2.45) is 5.73 Å². The fourth-order valence-corrected chi connectivity index (χ4v) is 1.92. The average Bonchev–Trinajstić information content (AvgIpc) is 2.49. The molecule has 1 heterocycles. The van der Waals surface area contributed by atoms with Crippen molar-refractivity contribution < 1.29 is 4.74 Å². The molecule has 0 atom stereocenters. The highest BCUT2D eigenvalue weighted by molar-refractivity contribution is 5.96. The summed E-state index contributed by atoms with van der Waals surface area (Å²) in [6.45, 7) is 1.95. The Kier molecular flexibility index (Phi) is 4.02. The Morgan fingerprint density at radius 1 is 1.30 bits per heavy atom. The number of pyridine rings is 1. The van der Waals surface area contributed by atoms with Gasteiger partial charge in [-0.1, -0.05) is 18.2 Å². The minimum atomic E-state index is 0.406. The van der Waals surface area contributed by atoms with Gasteiger partial charge in [-0.25, -0.2) is 0 Å². The van der Waals surface area contributed by atoms with Crippen LogP contribution < -0.4 is 10.5 Å². The highest BCUT2D eigenvalue weighted by Gasteiger charge is 2.10. The first kappa shape index (κ1) is 13.6. The van der Waals surface area contributed by atoms with Gasteiger partial charge in [-0.2, -0.15) is 5.26 Å². The topological polar surface area (TPSA) is 71.9 Å². The van der Waals surface area contributed by atoms with Crippen LogP contribution in [0.2, 0.25) is 0 Å². The highest BCUT2D eigenvalue weighted by Crippen LogP contribution is 2.26. The van der Waals surface area contributed by atoms with Gasteiger partial charge >= 0.3 is 0 Å². The molecular weight excluding hydrogens is 250 g/mol. The smallest absolute Gasteiger partial charge is 0.122 e. The number of aryl methyl sites for hydroxylation is 1. The molecule has 0 aliphatic heterocycles. The molecule has 4 nitrogen and oxygen atoms in total. The van der Waals surface area contributed by atoms with Gasteiger partial charge in [-0.05, 0) is 24.6 Å². The van der Waals surface area contributed by atoms with Crippen LogP contribution in [0, 0.1) is 18.3 Å². The summed E-state index contributed by atoms with van der Waals surface area (Å²) in [6.07, 6.45) is 3.28. The first-order valence-corrected chi connectivity index (χ1v) is 6.12. The Morgan fingerprint density at radius 3 is 2.70 bits per heavy atom. The molecule has 4 heteroatoms. The van der Waals surface area contributed by atoms with Gasteiger partial charge in [0.2, 0.25) is 0 Å². The number of aromatic nitrogens is 1. The zero-order valence-electron chi connectivity index (χ0n) is 11.4. The number of nitrogens with two attached hydrogens (primary N) is 1. The molecule has 0 bridgehead atoms. The Hall–Kier alpha value is -2.80. The summed E-state index contributed by atoms with van der Waals surface area (Å²) in [5, 5.41) is 9.35. The zero-order valence-corrected chi connectivity index (χ0v) is 11.4. The van der Waals surface area contributed by atoms with Crippen molar-refractivity contribution in [3.63, 3.8) is 0 Å². The van der Waals surface area contributed by atoms with E-state index in [4.69, 9.17) is 10.5 Å². The Labute approximate surface area is 118 Å². The summed E-state index contributed by atoms with van der Waals surface area (Å²) < 4.78 is 5.28. The van der Waals surface area contributed by atoms with Crippen LogP contribution in [0.25, 0.3) is 11.3 Å². The number of nitriles is 1. The maximum absolute atomic E-state index is 9.35. The third-order valence-corrected chi connectivity index (χ3v) is 3.05. The molecule has 0 spiro atoms. The number of hydrogen-bond acceptors (Lipinski definition) is 4. The number of methoxy groups -OCH3 is 1. The largest absolute Gasteiger partial charge is 0.496 e. The number of benzene rings is 1. The third-order valence-electron chi connectivity index (χ3n) is 3.05. The molecule has 0 radical (unpaired) electrons. The number of allylic oxidation sites excluding steroid dienone is 1. The van der Waals surface area contributed by atoms with Crippen LogP contribution in [-0.4, -0.2) is 12.1 Å². The molecule has 2 rings (SSSR count). The number of rotatable bonds is 3. The van der Waals surface area contributed by atoms with E-state index >= 15 is 0 Å². The summed E-state index contributed by atoms with van der Waals surface area (Å²) in [5.41, 5.74) is 9.43. The monoisotopic (exact) mass is 265 g/mol. The molecule has 0 amide bonds. The maximum atomic E-state index is 9.35. The standard InChI is InChI=1S/C16H15N3O/c1-11-5-6-12(8-15(11)20-2)16(18)14(9-17)13-4-3-7-19-10-13/h3-8,10H,18H2,1-2H3/b16-14+. The van der Waals surface area contributed by atoms with Crippen molar-refractivity contribution in [1.82, 2.24) is 4.98 Å². The quantitative estimate of drug-likeness (QED) is 0.866. The normalized spacial score (nSPS) is 11.4. The van der Waals surface area contributed by atoms with Gasteiger partial charge in [0, 0.05) is 23.5 Å². The Morgan fingerprint density at radius 2 is 2.10 bits per heavy atom. The van der Waals surface area contributed by atoms with E-state index in [0.717, 1.165) is 16.9 Å². The van der Waals surface area contributed by atoms with Gasteiger partial charge in [0.05, 0.1) is 18.4 Å². The van der Waals surface area contributed by atoms with E-state index in [1.807, 2.05) is 31.2 Å². The number of nitrogens with zero attached hydrogens (tertiary/aromatic N) is 2. The summed E-state index contributed by atoms with van der Waals surface area (Å²) in [4.78, 5) is 4.01. The van der Waals surface area contributed by atoms with Crippen LogP contribution in [-0.2, 0) is 0 Å². The van der Waals surface area contributed by atoms with Gasteiger partial charge in [-0.3, -0.25) is 4.98 Å². The predicted molar refractivity (Wildman–Crippen MR) is 78.6 cm³/mol. The summed E-state index contributed by atoms with van der Waals surface area (Å²) >= 11 is 0. The SMILES string of the molecule is COc1cc(/C(N)=C(/C#N)c2cccnc2)ccc1C. The summed E-state index contributed by atoms with van der Waals surface area (Å²) in [7, 11) is 1.61. The lowest BCUT2D eigenvalue weighted by atomic mass is 10.0. The molecule has 2 N–H and O–H groups in total. The van der Waals surface area contributed by atoms with Crippen molar-refractivity contribution in [1.29, 1.82) is 5.26 Å². The van der Waals surface area contributed by atoms with Crippen LogP contribution in [0.1, 0.15) is 16.7 Å². The Balaban J connectivity index is 2.55. The van der Waals surface area contributed by atoms with Crippen molar-refractivity contribution in [2.45, 2.75) is 6.92 Å². The first-order chi connectivity index (χ1) is 9.67. The lowest BCUT2D eigenvalue weighted by Gasteiger charge is -2.10. The molecule has 2 aromatic rings. The molecule has 1 aromatic carbocycles. The number of hydrogen-bond donors (Lipinski definition) is 1. The van der Waals surface area contributed by atoms with Crippen molar-refractivity contribution in [3.8, 4) is 11.8 Å². The van der Waals surface area contributed by atoms with E-state index in [2.05, 4.69) is 11.1 Å². The van der Waals surface area contributed by atoms with Gasteiger partial charge in [0.15, 0.2) is 0 Å². The molecular formula is C16H15N3O. The van der Waals surface area contributed by atoms with Crippen LogP contribution >= 0.6 is 0 Å². The third kappa shape index (κ3) is 2.62. The van der Waals surface area contributed by atoms with E-state index < -0.39 is 0 Å². The van der Waals surface area contributed by atoms with E-state index in [9.17, 15) is 5.26 Å². The van der Waals surface area contributed by atoms with Crippen molar-refractivity contribution in [3.05, 3.63) is 59.4 Å². The van der Waals surface area contributed by atoms with Gasteiger partial charge in [0.1, 0.15) is 11.8 Å². The second kappa shape index (κ2) is 5.89. The molecule has 0 unspecified atom stereocenters. The van der Waals surface area contributed by atoms with Gasteiger partial charge in [-0.15, -0.1) is 0 Å². The van der Waals surface area contributed by atoms with Gasteiger partial charge < -0.3 is 10.5 Å². The van der Waals surface area contributed by atoms with E-state index in [-0.39, 0.29) is 0 Å². The first-order valence-electron chi connectivity index (χ1n) is 6.12. The summed E-state index contributed by atoms with van der Waals surface area (Å²) in [5.74, 6) is 0.744. The fraction of sp³-hybridized carbons (Fsp3) is 0.125. The van der Waals surface area contributed by atoms with Crippen molar-refractivity contribution in [2.75, 3.05) is 7.11 Å². The molecule has 0 aliphatic rings. The van der Waals surface area contributed by atoms with Crippen LogP contribution in [0.3, 0.4) is 0 Å². The minimum absolute atomic E-state index is 0.406. The lowest BCUT2D eigenvalue weighted by molar-refractivity contribution is 0.411. The Bertz CT molecular complexity index is 685. The van der Waals surface area contributed by atoms with Crippen LogP contribution in [0.4, 0.5) is 0 Å². The number of ether oxygens (including phenoxy) is 1. The highest BCUT2D eigenvalue weighted by atomic mass is 16.5. The molecule has 20 heavy (non-hydrogen) atoms. The van der Waals surface area contributed by atoms with Crippen molar-refractivity contribution >= 4 is 11.3 Å². The molecule has 0 aliphatic carbocycles. The average molecular weight is 265 g/mol. The molecule has 100 valence electrons. The van der Waals surface area contributed by atoms with Gasteiger partial charge in [0.25, 0.3) is 0 Å². The lowest BCUT2D eigenvalue weighted by Crippen LogP contribution is -2.02. The molecule has 0 saturated heterocycles. The zero-order chi connectivity index (χ0) is 14.5. The molecule has 0 fully saturated rings. The minimum Gasteiger partial charge on any atom is -0.496 e.